The summed E-state index contributed by atoms with van der Waals surface area (Å²) in [6, 6.07) is 22.9. The summed E-state index contributed by atoms with van der Waals surface area (Å²) >= 11 is 3.53. The number of rotatable bonds is 1. The minimum absolute atomic E-state index is 0. The van der Waals surface area contributed by atoms with Crippen LogP contribution < -0.4 is 0 Å². The average molecular weight is 531 g/mol. The van der Waals surface area contributed by atoms with Crippen LogP contribution in [0.3, 0.4) is 0 Å². The average Bonchev–Trinajstić information content (AvgIpc) is 3.54. The molecule has 4 aromatic rings. The molecule has 0 aliphatic carbocycles. The quantitative estimate of drug-likeness (QED) is 0.223. The largest absolute Gasteiger partial charge is 0.355 e. The first kappa shape index (κ1) is 20.8. The molecule has 0 amide bonds. The molecule has 0 saturated heterocycles. The van der Waals surface area contributed by atoms with Crippen LogP contribution in [0, 0.1) is 0 Å². The Morgan fingerprint density at radius 2 is 1.09 bits per heavy atom. The number of halogens is 1. The van der Waals surface area contributed by atoms with Crippen molar-refractivity contribution >= 4 is 62.3 Å². The Hall–Kier alpha value is -3.08. The predicted molar refractivity (Wildman–Crippen MR) is 132 cm³/mol. The van der Waals surface area contributed by atoms with Crippen molar-refractivity contribution in [3.63, 3.8) is 0 Å². The Morgan fingerprint density at radius 3 is 1.69 bits per heavy atom. The topological polar surface area (TPSA) is 57.4 Å². The Kier molecular flexibility index (Phi) is 5.50. The molecule has 5 heterocycles. The summed E-state index contributed by atoms with van der Waals surface area (Å²) in [7, 11) is 0. The molecule has 0 radical (unpaired) electrons. The number of aromatic nitrogens is 4. The zero-order chi connectivity index (χ0) is 20.8. The van der Waals surface area contributed by atoms with E-state index in [0.717, 1.165) is 60.4 Å². The molecule has 2 aliphatic heterocycles. The molecule has 0 unspecified atom stereocenters. The van der Waals surface area contributed by atoms with Crippen LogP contribution in [0.15, 0.2) is 71.2 Å². The molecule has 6 rings (SSSR count). The van der Waals surface area contributed by atoms with E-state index in [0.29, 0.717) is 0 Å². The number of H-pyrrole nitrogens is 2. The molecular weight excluding hydrogens is 514 g/mol. The third-order valence-electron chi connectivity index (χ3n) is 5.32. The zero-order valence-electron chi connectivity index (χ0n) is 17.1. The Bertz CT molecular complexity index is 1540. The van der Waals surface area contributed by atoms with Gasteiger partial charge in [-0.25, -0.2) is 9.97 Å². The molecule has 150 valence electrons. The van der Waals surface area contributed by atoms with E-state index in [1.54, 1.807) is 0 Å². The van der Waals surface area contributed by atoms with Gasteiger partial charge in [-0.3, -0.25) is 0 Å². The first-order valence-electron chi connectivity index (χ1n) is 10.0. The van der Waals surface area contributed by atoms with Crippen LogP contribution in [0.5, 0.6) is 0 Å². The number of benzene rings is 1. The van der Waals surface area contributed by atoms with Crippen LogP contribution >= 0.6 is 15.9 Å². The molecule has 0 spiro atoms. The first-order chi connectivity index (χ1) is 15.2. The van der Waals surface area contributed by atoms with Gasteiger partial charge in [0, 0.05) is 51.6 Å². The van der Waals surface area contributed by atoms with Crippen molar-refractivity contribution in [3.8, 4) is 11.1 Å². The van der Waals surface area contributed by atoms with Crippen molar-refractivity contribution in [2.24, 2.45) is 0 Å². The van der Waals surface area contributed by atoms with Gasteiger partial charge in [0.15, 0.2) is 0 Å². The molecule has 1 aromatic carbocycles. The number of nitrogens with zero attached hydrogens (tertiary/aromatic N) is 2. The second-order valence-electron chi connectivity index (χ2n) is 7.60. The van der Waals surface area contributed by atoms with Crippen LogP contribution in [0.2, 0.25) is 0 Å². The second-order valence-corrected chi connectivity index (χ2v) is 8.51. The van der Waals surface area contributed by atoms with Gasteiger partial charge < -0.3 is 9.97 Å². The van der Waals surface area contributed by atoms with Gasteiger partial charge in [-0.1, -0.05) is 28.1 Å². The summed E-state index contributed by atoms with van der Waals surface area (Å²) in [5.74, 6) is 0. The van der Waals surface area contributed by atoms with E-state index in [9.17, 15) is 0 Å². The fourth-order valence-corrected chi connectivity index (χ4v) is 4.15. The van der Waals surface area contributed by atoms with Crippen LogP contribution in [0.25, 0.3) is 57.5 Å². The number of nitrogens with one attached hydrogen (secondary N) is 2. The third kappa shape index (κ3) is 4.16. The summed E-state index contributed by atoms with van der Waals surface area (Å²) in [4.78, 5) is 16.5. The van der Waals surface area contributed by atoms with Crippen molar-refractivity contribution in [2.75, 3.05) is 0 Å². The number of fused-ring (bicyclic) bond motifs is 8. The Morgan fingerprint density at radius 1 is 0.562 bits per heavy atom. The van der Waals surface area contributed by atoms with Gasteiger partial charge in [0.05, 0.1) is 22.8 Å². The zero-order valence-corrected chi connectivity index (χ0v) is 21.7. The van der Waals surface area contributed by atoms with Gasteiger partial charge in [0.2, 0.25) is 0 Å². The molecule has 6 heteroatoms. The van der Waals surface area contributed by atoms with Crippen LogP contribution in [0.4, 0.5) is 0 Å². The van der Waals surface area contributed by atoms with Crippen LogP contribution in [-0.4, -0.2) is 19.9 Å². The fourth-order valence-electron chi connectivity index (χ4n) is 3.89. The van der Waals surface area contributed by atoms with Gasteiger partial charge in [0.25, 0.3) is 0 Å². The molecule has 2 N–H and O–H groups in total. The van der Waals surface area contributed by atoms with Gasteiger partial charge in [-0.05, 0) is 84.5 Å². The maximum atomic E-state index is 4.78. The Balaban J connectivity index is 0.00000216. The Labute approximate surface area is 206 Å². The van der Waals surface area contributed by atoms with Gasteiger partial charge in [0.1, 0.15) is 0 Å². The molecule has 0 fully saturated rings. The first-order valence-corrected chi connectivity index (χ1v) is 10.8. The van der Waals surface area contributed by atoms with E-state index >= 15 is 0 Å². The molecule has 0 atom stereocenters. The van der Waals surface area contributed by atoms with Crippen molar-refractivity contribution in [3.05, 3.63) is 94.0 Å². The molecule has 2 aliphatic rings. The minimum atomic E-state index is 0. The van der Waals surface area contributed by atoms with Crippen molar-refractivity contribution in [1.29, 1.82) is 0 Å². The van der Waals surface area contributed by atoms with Crippen molar-refractivity contribution in [1.82, 2.24) is 19.9 Å². The SMILES string of the molecule is Brc1ccc(-c2cc3cc4nc(cc5ccc(cc6nc(cc2[nH]3)C=C6)[nH]5)C=C4)cc1.[Zn]. The van der Waals surface area contributed by atoms with Crippen molar-refractivity contribution in [2.45, 2.75) is 0 Å². The predicted octanol–water partition coefficient (Wildman–Crippen LogP) is 7.08. The monoisotopic (exact) mass is 528 g/mol. The summed E-state index contributed by atoms with van der Waals surface area (Å²) in [6.45, 7) is 0. The molecule has 8 bridgehead atoms. The molecule has 3 aromatic heterocycles. The van der Waals surface area contributed by atoms with Gasteiger partial charge in [-0.15, -0.1) is 0 Å². The van der Waals surface area contributed by atoms with E-state index in [1.807, 2.05) is 36.4 Å². The molecule has 32 heavy (non-hydrogen) atoms. The standard InChI is InChI=1S/C26H17BrN4.Zn/c27-17-3-1-16(2-4-17)25-14-24-13-22-8-7-20(29-22)11-18-5-6-19(28-18)12-21-9-10-23(30-21)15-26(25)31-24;/h1-15,28,31H;. The number of aromatic amines is 2. The molecular formula is C26H17BrN4Zn. The number of hydrogen-bond donors (Lipinski definition) is 2. The fraction of sp³-hybridized carbons (Fsp3) is 0. The van der Waals surface area contributed by atoms with E-state index < -0.39 is 0 Å². The van der Waals surface area contributed by atoms with Crippen molar-refractivity contribution < 1.29 is 19.5 Å². The summed E-state index contributed by atoms with van der Waals surface area (Å²) in [6.07, 6.45) is 8.15. The maximum absolute atomic E-state index is 4.78. The van der Waals surface area contributed by atoms with E-state index in [2.05, 4.69) is 80.5 Å². The summed E-state index contributed by atoms with van der Waals surface area (Å²) in [5, 5.41) is 0. The number of hydrogen-bond acceptors (Lipinski definition) is 2. The van der Waals surface area contributed by atoms with Crippen LogP contribution in [0.1, 0.15) is 22.8 Å². The van der Waals surface area contributed by atoms with E-state index in [4.69, 9.17) is 9.97 Å². The van der Waals surface area contributed by atoms with Gasteiger partial charge in [-0.2, -0.15) is 0 Å². The second kappa shape index (κ2) is 8.46. The molecule has 4 nitrogen and oxygen atoms in total. The summed E-state index contributed by atoms with van der Waals surface area (Å²) < 4.78 is 1.06. The van der Waals surface area contributed by atoms with Crippen LogP contribution in [-0.2, 0) is 19.5 Å². The molecule has 0 saturated carbocycles. The normalized spacial score (nSPS) is 12.0. The van der Waals surface area contributed by atoms with E-state index in [-0.39, 0.29) is 19.5 Å². The smallest absolute Gasteiger partial charge is 0.0658 e. The van der Waals surface area contributed by atoms with E-state index in [1.165, 1.54) is 0 Å². The maximum Gasteiger partial charge on any atom is 0.0658 e. The van der Waals surface area contributed by atoms with Gasteiger partial charge >= 0.3 is 0 Å². The minimum Gasteiger partial charge on any atom is -0.355 e. The third-order valence-corrected chi connectivity index (χ3v) is 5.85. The summed E-state index contributed by atoms with van der Waals surface area (Å²) in [5.41, 5.74) is 9.99.